The highest BCUT2D eigenvalue weighted by molar-refractivity contribution is 5.37. The van der Waals surface area contributed by atoms with Gasteiger partial charge in [-0.05, 0) is 49.6 Å². The minimum Gasteiger partial charge on any atom is -0.378 e. The summed E-state index contributed by atoms with van der Waals surface area (Å²) in [5.41, 5.74) is 6.76. The molecule has 1 aliphatic heterocycles. The van der Waals surface area contributed by atoms with Gasteiger partial charge in [-0.15, -0.1) is 0 Å². The van der Waals surface area contributed by atoms with E-state index < -0.39 is 0 Å². The van der Waals surface area contributed by atoms with Crippen LogP contribution in [0.25, 0.3) is 0 Å². The number of benzene rings is 1. The van der Waals surface area contributed by atoms with E-state index in [0.29, 0.717) is 24.8 Å². The first kappa shape index (κ1) is 15.9. The number of ether oxygens (including phenoxy) is 1. The number of hydrogen-bond donors (Lipinski definition) is 1. The van der Waals surface area contributed by atoms with E-state index >= 15 is 0 Å². The van der Waals surface area contributed by atoms with Crippen molar-refractivity contribution in [3.8, 4) is 6.07 Å². The van der Waals surface area contributed by atoms with Crippen LogP contribution >= 0.6 is 0 Å². The van der Waals surface area contributed by atoms with Crippen molar-refractivity contribution in [2.45, 2.75) is 31.9 Å². The fourth-order valence-electron chi connectivity index (χ4n) is 2.61. The lowest BCUT2D eigenvalue weighted by Gasteiger charge is -2.32. The van der Waals surface area contributed by atoms with Crippen LogP contribution in [-0.2, 0) is 11.3 Å². The van der Waals surface area contributed by atoms with Crippen LogP contribution in [0.4, 0.5) is 4.39 Å². The van der Waals surface area contributed by atoms with Crippen molar-refractivity contribution in [1.82, 2.24) is 4.90 Å². The Hall–Kier alpha value is -1.48. The number of hydrogen-bond acceptors (Lipinski definition) is 4. The summed E-state index contributed by atoms with van der Waals surface area (Å²) in [4.78, 5) is 2.25. The average molecular weight is 291 g/mol. The second-order valence-corrected chi connectivity index (χ2v) is 5.40. The van der Waals surface area contributed by atoms with E-state index in [1.807, 2.05) is 0 Å². The molecular formula is C16H22FN3O. The van der Waals surface area contributed by atoms with Crippen molar-refractivity contribution in [2.24, 2.45) is 5.73 Å². The molecule has 1 aromatic carbocycles. The van der Waals surface area contributed by atoms with Crippen LogP contribution in [0.2, 0.25) is 0 Å². The van der Waals surface area contributed by atoms with Crippen LogP contribution in [0.15, 0.2) is 18.2 Å². The first-order chi connectivity index (χ1) is 10.2. The predicted octanol–water partition coefficient (Wildman–Crippen LogP) is 2.03. The predicted molar refractivity (Wildman–Crippen MR) is 79.0 cm³/mol. The van der Waals surface area contributed by atoms with Gasteiger partial charge in [0.05, 0.1) is 17.7 Å². The molecule has 2 rings (SSSR count). The fourth-order valence-corrected chi connectivity index (χ4v) is 2.61. The van der Waals surface area contributed by atoms with Crippen LogP contribution in [0.3, 0.4) is 0 Å². The third-order valence-electron chi connectivity index (χ3n) is 3.82. The van der Waals surface area contributed by atoms with Crippen molar-refractivity contribution < 1.29 is 9.13 Å². The highest BCUT2D eigenvalue weighted by Gasteiger charge is 2.20. The first-order valence-corrected chi connectivity index (χ1v) is 7.45. The average Bonchev–Trinajstić information content (AvgIpc) is 2.50. The molecule has 1 aliphatic rings. The molecule has 0 spiro atoms. The van der Waals surface area contributed by atoms with E-state index in [0.717, 1.165) is 44.5 Å². The Labute approximate surface area is 125 Å². The number of rotatable bonds is 6. The van der Waals surface area contributed by atoms with Gasteiger partial charge in [0.2, 0.25) is 0 Å². The van der Waals surface area contributed by atoms with Gasteiger partial charge in [-0.25, -0.2) is 4.39 Å². The number of piperidine rings is 1. The van der Waals surface area contributed by atoms with Crippen LogP contribution in [0, 0.1) is 17.1 Å². The van der Waals surface area contributed by atoms with Crippen LogP contribution < -0.4 is 5.73 Å². The third kappa shape index (κ3) is 4.78. The summed E-state index contributed by atoms with van der Waals surface area (Å²) in [7, 11) is 0. The molecule has 1 saturated heterocycles. The second kappa shape index (κ2) is 8.08. The molecule has 114 valence electrons. The second-order valence-electron chi connectivity index (χ2n) is 5.40. The number of nitriles is 1. The molecule has 1 fully saturated rings. The molecule has 0 atom stereocenters. The van der Waals surface area contributed by atoms with Crippen molar-refractivity contribution >= 4 is 0 Å². The summed E-state index contributed by atoms with van der Waals surface area (Å²) < 4.78 is 19.1. The Kier molecular flexibility index (Phi) is 6.12. The van der Waals surface area contributed by atoms with E-state index in [9.17, 15) is 4.39 Å². The largest absolute Gasteiger partial charge is 0.378 e. The molecule has 2 N–H and O–H groups in total. The van der Waals surface area contributed by atoms with Crippen LogP contribution in [0.1, 0.15) is 30.4 Å². The Bertz CT molecular complexity index is 493. The number of nitrogens with two attached hydrogens (primary N) is 1. The van der Waals surface area contributed by atoms with Crippen LogP contribution in [0.5, 0.6) is 0 Å². The molecule has 1 aromatic rings. The van der Waals surface area contributed by atoms with Crippen LogP contribution in [-0.4, -0.2) is 37.2 Å². The fraction of sp³-hybridized carbons (Fsp3) is 0.562. The first-order valence-electron chi connectivity index (χ1n) is 7.45. The molecule has 0 saturated carbocycles. The summed E-state index contributed by atoms with van der Waals surface area (Å²) in [6.07, 6.45) is 3.15. The van der Waals surface area contributed by atoms with Crippen molar-refractivity contribution in [3.05, 3.63) is 35.1 Å². The van der Waals surface area contributed by atoms with Gasteiger partial charge >= 0.3 is 0 Å². The summed E-state index contributed by atoms with van der Waals surface area (Å²) in [6.45, 7) is 3.83. The molecule has 0 unspecified atom stereocenters. The van der Waals surface area contributed by atoms with Crippen molar-refractivity contribution in [2.75, 3.05) is 26.2 Å². The van der Waals surface area contributed by atoms with Crippen molar-refractivity contribution in [3.63, 3.8) is 0 Å². The van der Waals surface area contributed by atoms with Gasteiger partial charge in [-0.1, -0.05) is 0 Å². The lowest BCUT2D eigenvalue weighted by molar-refractivity contribution is 0.00560. The van der Waals surface area contributed by atoms with E-state index in [1.54, 1.807) is 6.07 Å². The Morgan fingerprint density at radius 3 is 2.81 bits per heavy atom. The van der Waals surface area contributed by atoms with Gasteiger partial charge < -0.3 is 10.5 Å². The van der Waals surface area contributed by atoms with E-state index in [2.05, 4.69) is 11.0 Å². The molecule has 0 radical (unpaired) electrons. The molecule has 5 heteroatoms. The lowest BCUT2D eigenvalue weighted by atomic mass is 10.0. The van der Waals surface area contributed by atoms with Gasteiger partial charge in [-0.3, -0.25) is 4.90 Å². The molecular weight excluding hydrogens is 269 g/mol. The van der Waals surface area contributed by atoms with E-state index in [-0.39, 0.29) is 5.82 Å². The van der Waals surface area contributed by atoms with Gasteiger partial charge in [0, 0.05) is 26.2 Å². The van der Waals surface area contributed by atoms with Crippen molar-refractivity contribution in [1.29, 1.82) is 5.26 Å². The highest BCUT2D eigenvalue weighted by atomic mass is 19.1. The molecule has 21 heavy (non-hydrogen) atoms. The smallest absolute Gasteiger partial charge is 0.123 e. The molecule has 0 aromatic heterocycles. The molecule has 0 aliphatic carbocycles. The Morgan fingerprint density at radius 2 is 2.14 bits per heavy atom. The zero-order chi connectivity index (χ0) is 15.1. The summed E-state index contributed by atoms with van der Waals surface area (Å²) in [5, 5.41) is 9.08. The number of nitrogens with zero attached hydrogens (tertiary/aromatic N) is 2. The van der Waals surface area contributed by atoms with Gasteiger partial charge in [0.25, 0.3) is 0 Å². The van der Waals surface area contributed by atoms with Gasteiger partial charge in [0.15, 0.2) is 0 Å². The normalized spacial score (nSPS) is 16.8. The zero-order valence-corrected chi connectivity index (χ0v) is 12.2. The van der Waals surface area contributed by atoms with Gasteiger partial charge in [0.1, 0.15) is 5.82 Å². The quantitative estimate of drug-likeness (QED) is 0.815. The minimum absolute atomic E-state index is 0.288. The lowest BCUT2D eigenvalue weighted by Crippen LogP contribution is -2.37. The SMILES string of the molecule is N#Cc1ccc(F)cc1CN1CCC(OCCCN)CC1. The maximum atomic E-state index is 13.3. The summed E-state index contributed by atoms with van der Waals surface area (Å²) >= 11 is 0. The highest BCUT2D eigenvalue weighted by Crippen LogP contribution is 2.19. The zero-order valence-electron chi connectivity index (χ0n) is 12.2. The topological polar surface area (TPSA) is 62.3 Å². The monoisotopic (exact) mass is 291 g/mol. The van der Waals surface area contributed by atoms with E-state index in [4.69, 9.17) is 15.7 Å². The Morgan fingerprint density at radius 1 is 1.38 bits per heavy atom. The maximum Gasteiger partial charge on any atom is 0.123 e. The number of likely N-dealkylation sites (tertiary alicyclic amines) is 1. The summed E-state index contributed by atoms with van der Waals surface area (Å²) in [5.74, 6) is -0.288. The molecule has 0 amide bonds. The molecule has 4 nitrogen and oxygen atoms in total. The Balaban J connectivity index is 1.84. The van der Waals surface area contributed by atoms with E-state index in [1.165, 1.54) is 12.1 Å². The third-order valence-corrected chi connectivity index (χ3v) is 3.82. The minimum atomic E-state index is -0.288. The molecule has 0 bridgehead atoms. The standard InChI is InChI=1S/C16H22FN3O/c17-15-3-2-13(11-19)14(10-15)12-20-7-4-16(5-8-20)21-9-1-6-18/h2-3,10,16H,1,4-9,12,18H2. The maximum absolute atomic E-state index is 13.3. The number of halogens is 1. The summed E-state index contributed by atoms with van der Waals surface area (Å²) in [6, 6.07) is 6.47. The molecule has 1 heterocycles. The van der Waals surface area contributed by atoms with Gasteiger partial charge in [-0.2, -0.15) is 5.26 Å².